The molecule has 0 unspecified atom stereocenters. The molecule has 0 amide bonds. The van der Waals surface area contributed by atoms with Crippen LogP contribution in [0.5, 0.6) is 0 Å². The van der Waals surface area contributed by atoms with Crippen molar-refractivity contribution in [3.8, 4) is 0 Å². The fourth-order valence-corrected chi connectivity index (χ4v) is 1.92. The molecule has 3 heteroatoms. The van der Waals surface area contributed by atoms with E-state index in [4.69, 9.17) is 23.2 Å². The lowest BCUT2D eigenvalue weighted by atomic mass is 10.1. The first kappa shape index (κ1) is 12.7. The summed E-state index contributed by atoms with van der Waals surface area (Å²) in [6.45, 7) is 5.37. The van der Waals surface area contributed by atoms with Crippen molar-refractivity contribution in [2.45, 2.75) is 26.7 Å². The van der Waals surface area contributed by atoms with Crippen LogP contribution in [-0.4, -0.2) is 6.54 Å². The molecule has 0 fully saturated rings. The third kappa shape index (κ3) is 4.31. The first-order valence-electron chi connectivity index (χ1n) is 5.29. The highest BCUT2D eigenvalue weighted by molar-refractivity contribution is 6.39. The van der Waals surface area contributed by atoms with E-state index >= 15 is 0 Å². The van der Waals surface area contributed by atoms with Crippen LogP contribution in [0.3, 0.4) is 0 Å². The molecule has 0 atom stereocenters. The van der Waals surface area contributed by atoms with Crippen molar-refractivity contribution in [3.05, 3.63) is 28.2 Å². The minimum absolute atomic E-state index is 0.687. The van der Waals surface area contributed by atoms with Gasteiger partial charge in [-0.2, -0.15) is 0 Å². The van der Waals surface area contributed by atoms with Crippen LogP contribution >= 0.6 is 23.2 Å². The van der Waals surface area contributed by atoms with Crippen LogP contribution in [0.2, 0.25) is 10.0 Å². The Morgan fingerprint density at radius 3 is 2.33 bits per heavy atom. The van der Waals surface area contributed by atoms with Gasteiger partial charge in [-0.25, -0.2) is 0 Å². The molecule has 0 aliphatic rings. The zero-order valence-electron chi connectivity index (χ0n) is 9.19. The first-order chi connectivity index (χ1) is 7.11. The third-order valence-corrected chi connectivity index (χ3v) is 2.85. The SMILES string of the molecule is CC(C)CCCNc1c(Cl)cccc1Cl. The van der Waals surface area contributed by atoms with Gasteiger partial charge >= 0.3 is 0 Å². The molecule has 84 valence electrons. The lowest BCUT2D eigenvalue weighted by molar-refractivity contribution is 0.567. The summed E-state index contributed by atoms with van der Waals surface area (Å²) in [5, 5.41) is 4.65. The number of hydrogen-bond acceptors (Lipinski definition) is 1. The molecule has 0 bridgehead atoms. The predicted molar refractivity (Wildman–Crippen MR) is 69.0 cm³/mol. The molecule has 0 saturated carbocycles. The van der Waals surface area contributed by atoms with Gasteiger partial charge in [-0.15, -0.1) is 0 Å². The second-order valence-corrected chi connectivity index (χ2v) is 4.87. The van der Waals surface area contributed by atoms with Crippen LogP contribution < -0.4 is 5.32 Å². The Balaban J connectivity index is 2.43. The Kier molecular flexibility index (Phi) is 5.27. The van der Waals surface area contributed by atoms with Crippen molar-refractivity contribution < 1.29 is 0 Å². The van der Waals surface area contributed by atoms with E-state index in [1.165, 1.54) is 6.42 Å². The minimum Gasteiger partial charge on any atom is -0.383 e. The molecule has 1 rings (SSSR count). The summed E-state index contributed by atoms with van der Waals surface area (Å²) < 4.78 is 0. The maximum absolute atomic E-state index is 6.02. The average Bonchev–Trinajstić information content (AvgIpc) is 2.15. The molecule has 0 radical (unpaired) electrons. The average molecular weight is 246 g/mol. The molecule has 15 heavy (non-hydrogen) atoms. The van der Waals surface area contributed by atoms with Gasteiger partial charge in [0.25, 0.3) is 0 Å². The smallest absolute Gasteiger partial charge is 0.0718 e. The molecule has 0 saturated heterocycles. The van der Waals surface area contributed by atoms with Gasteiger partial charge in [-0.3, -0.25) is 0 Å². The topological polar surface area (TPSA) is 12.0 Å². The van der Waals surface area contributed by atoms with Crippen LogP contribution in [0.4, 0.5) is 5.69 Å². The summed E-state index contributed by atoms with van der Waals surface area (Å²) in [7, 11) is 0. The summed E-state index contributed by atoms with van der Waals surface area (Å²) in [4.78, 5) is 0. The van der Waals surface area contributed by atoms with E-state index in [9.17, 15) is 0 Å². The van der Waals surface area contributed by atoms with E-state index in [0.29, 0.717) is 10.0 Å². The minimum atomic E-state index is 0.687. The zero-order valence-corrected chi connectivity index (χ0v) is 10.7. The molecule has 0 spiro atoms. The predicted octanol–water partition coefficient (Wildman–Crippen LogP) is 4.84. The number of anilines is 1. The van der Waals surface area contributed by atoms with E-state index in [-0.39, 0.29) is 0 Å². The summed E-state index contributed by atoms with van der Waals surface area (Å²) in [5.41, 5.74) is 0.851. The van der Waals surface area contributed by atoms with Gasteiger partial charge in [0.05, 0.1) is 15.7 Å². The number of benzene rings is 1. The Hall–Kier alpha value is -0.400. The van der Waals surface area contributed by atoms with Crippen molar-refractivity contribution in [2.24, 2.45) is 5.92 Å². The van der Waals surface area contributed by atoms with Crippen LogP contribution in [0, 0.1) is 5.92 Å². The highest BCUT2D eigenvalue weighted by Crippen LogP contribution is 2.29. The van der Waals surface area contributed by atoms with Crippen molar-refractivity contribution in [1.29, 1.82) is 0 Å². The number of nitrogens with one attached hydrogen (secondary N) is 1. The van der Waals surface area contributed by atoms with Crippen molar-refractivity contribution in [1.82, 2.24) is 0 Å². The van der Waals surface area contributed by atoms with Crippen molar-refractivity contribution >= 4 is 28.9 Å². The lowest BCUT2D eigenvalue weighted by Gasteiger charge is -2.10. The molecule has 0 aliphatic heterocycles. The van der Waals surface area contributed by atoms with Gasteiger partial charge < -0.3 is 5.32 Å². The molecule has 1 aromatic carbocycles. The normalized spacial score (nSPS) is 10.7. The molecule has 1 N–H and O–H groups in total. The fourth-order valence-electron chi connectivity index (χ4n) is 1.39. The Morgan fingerprint density at radius 1 is 1.20 bits per heavy atom. The Morgan fingerprint density at radius 2 is 1.80 bits per heavy atom. The molecule has 1 nitrogen and oxygen atoms in total. The monoisotopic (exact) mass is 245 g/mol. The molecule has 1 aromatic rings. The lowest BCUT2D eigenvalue weighted by Crippen LogP contribution is -2.03. The van der Waals surface area contributed by atoms with Gasteiger partial charge in [0, 0.05) is 6.54 Å². The van der Waals surface area contributed by atoms with Crippen molar-refractivity contribution in [3.63, 3.8) is 0 Å². The van der Waals surface area contributed by atoms with Crippen LogP contribution in [-0.2, 0) is 0 Å². The highest BCUT2D eigenvalue weighted by atomic mass is 35.5. The number of hydrogen-bond donors (Lipinski definition) is 1. The maximum Gasteiger partial charge on any atom is 0.0718 e. The molecule has 0 aliphatic carbocycles. The van der Waals surface area contributed by atoms with E-state index in [0.717, 1.165) is 24.6 Å². The Bertz CT molecular complexity index is 290. The number of para-hydroxylation sites is 1. The van der Waals surface area contributed by atoms with E-state index in [1.54, 1.807) is 0 Å². The summed E-state index contributed by atoms with van der Waals surface area (Å²) >= 11 is 12.0. The van der Waals surface area contributed by atoms with Crippen LogP contribution in [0.25, 0.3) is 0 Å². The molecular weight excluding hydrogens is 229 g/mol. The fraction of sp³-hybridized carbons (Fsp3) is 0.500. The van der Waals surface area contributed by atoms with E-state index < -0.39 is 0 Å². The quantitative estimate of drug-likeness (QED) is 0.733. The van der Waals surface area contributed by atoms with Gasteiger partial charge in [-0.1, -0.05) is 43.1 Å². The first-order valence-corrected chi connectivity index (χ1v) is 6.04. The van der Waals surface area contributed by atoms with Gasteiger partial charge in [0.15, 0.2) is 0 Å². The number of halogens is 2. The molecule has 0 aromatic heterocycles. The second-order valence-electron chi connectivity index (χ2n) is 4.06. The Labute approximate surface area is 102 Å². The maximum atomic E-state index is 6.02. The van der Waals surface area contributed by atoms with E-state index in [1.807, 2.05) is 18.2 Å². The molecular formula is C12H17Cl2N. The number of rotatable bonds is 5. The third-order valence-electron chi connectivity index (χ3n) is 2.22. The summed E-state index contributed by atoms with van der Waals surface area (Å²) in [6.07, 6.45) is 2.36. The molecule has 0 heterocycles. The van der Waals surface area contributed by atoms with Crippen LogP contribution in [0.1, 0.15) is 26.7 Å². The van der Waals surface area contributed by atoms with Crippen LogP contribution in [0.15, 0.2) is 18.2 Å². The van der Waals surface area contributed by atoms with E-state index in [2.05, 4.69) is 19.2 Å². The second kappa shape index (κ2) is 6.24. The zero-order chi connectivity index (χ0) is 11.3. The summed E-state index contributed by atoms with van der Waals surface area (Å²) in [6, 6.07) is 5.54. The standard InChI is InChI=1S/C12H17Cl2N/c1-9(2)5-4-8-15-12-10(13)6-3-7-11(12)14/h3,6-7,9,15H,4-5,8H2,1-2H3. The summed E-state index contributed by atoms with van der Waals surface area (Å²) in [5.74, 6) is 0.744. The van der Waals surface area contributed by atoms with Gasteiger partial charge in [0.1, 0.15) is 0 Å². The van der Waals surface area contributed by atoms with Crippen molar-refractivity contribution in [2.75, 3.05) is 11.9 Å². The van der Waals surface area contributed by atoms with Gasteiger partial charge in [0.2, 0.25) is 0 Å². The van der Waals surface area contributed by atoms with Gasteiger partial charge in [-0.05, 0) is 30.9 Å². The largest absolute Gasteiger partial charge is 0.383 e. The highest BCUT2D eigenvalue weighted by Gasteiger charge is 2.03.